The summed E-state index contributed by atoms with van der Waals surface area (Å²) in [5, 5.41) is 3.88. The zero-order chi connectivity index (χ0) is 13.7. The van der Waals surface area contributed by atoms with Crippen LogP contribution in [0.3, 0.4) is 0 Å². The van der Waals surface area contributed by atoms with E-state index in [1.54, 1.807) is 0 Å². The van der Waals surface area contributed by atoms with E-state index in [0.717, 1.165) is 32.9 Å². The highest BCUT2D eigenvalue weighted by Crippen LogP contribution is 2.24. The van der Waals surface area contributed by atoms with Gasteiger partial charge >= 0.3 is 0 Å². The summed E-state index contributed by atoms with van der Waals surface area (Å²) >= 11 is 9.33. The van der Waals surface area contributed by atoms with Gasteiger partial charge in [-0.3, -0.25) is 0 Å². The molecule has 0 fully saturated rings. The Kier molecular flexibility index (Phi) is 7.38. The predicted octanol–water partition coefficient (Wildman–Crippen LogP) is 4.82. The summed E-state index contributed by atoms with van der Waals surface area (Å²) < 4.78 is 6.92. The van der Waals surface area contributed by atoms with E-state index in [2.05, 4.69) is 27.3 Å². The van der Waals surface area contributed by atoms with Crippen molar-refractivity contribution in [1.82, 2.24) is 5.32 Å². The standard InChI is InChI=1S/C15H15BrClNO.ClH/c1-18-9-12-8-13(16)4-7-15(12)19-10-11-2-5-14(17)6-3-11;/h2-8,18H,9-10H2,1H3;1H. The van der Waals surface area contributed by atoms with Crippen LogP contribution in [-0.4, -0.2) is 7.05 Å². The molecule has 0 aliphatic rings. The Morgan fingerprint density at radius 1 is 1.15 bits per heavy atom. The van der Waals surface area contributed by atoms with E-state index >= 15 is 0 Å². The minimum atomic E-state index is 0. The molecule has 20 heavy (non-hydrogen) atoms. The van der Waals surface area contributed by atoms with E-state index in [9.17, 15) is 0 Å². The maximum Gasteiger partial charge on any atom is 0.124 e. The third-order valence-corrected chi connectivity index (χ3v) is 3.44. The molecule has 2 rings (SSSR count). The van der Waals surface area contributed by atoms with E-state index in [4.69, 9.17) is 16.3 Å². The first kappa shape index (κ1) is 17.3. The number of rotatable bonds is 5. The van der Waals surface area contributed by atoms with Crippen LogP contribution < -0.4 is 10.1 Å². The van der Waals surface area contributed by atoms with Gasteiger partial charge in [-0.25, -0.2) is 0 Å². The van der Waals surface area contributed by atoms with Crippen molar-refractivity contribution in [2.75, 3.05) is 7.05 Å². The fourth-order valence-electron chi connectivity index (χ4n) is 1.76. The topological polar surface area (TPSA) is 21.3 Å². The summed E-state index contributed by atoms with van der Waals surface area (Å²) in [6, 6.07) is 13.7. The van der Waals surface area contributed by atoms with E-state index in [1.165, 1.54) is 0 Å². The normalized spacial score (nSPS) is 9.95. The van der Waals surface area contributed by atoms with E-state index in [-0.39, 0.29) is 12.4 Å². The first-order chi connectivity index (χ1) is 9.19. The molecular formula is C15H16BrCl2NO. The lowest BCUT2D eigenvalue weighted by Crippen LogP contribution is -2.07. The van der Waals surface area contributed by atoms with Crippen molar-refractivity contribution in [2.45, 2.75) is 13.2 Å². The monoisotopic (exact) mass is 375 g/mol. The zero-order valence-electron chi connectivity index (χ0n) is 11.0. The minimum absolute atomic E-state index is 0. The lowest BCUT2D eigenvalue weighted by atomic mass is 10.2. The summed E-state index contributed by atoms with van der Waals surface area (Å²) in [5.41, 5.74) is 2.23. The summed E-state index contributed by atoms with van der Waals surface area (Å²) in [7, 11) is 1.92. The van der Waals surface area contributed by atoms with Crippen molar-refractivity contribution >= 4 is 39.9 Å². The molecule has 0 amide bonds. The van der Waals surface area contributed by atoms with Crippen molar-refractivity contribution in [2.24, 2.45) is 0 Å². The molecule has 2 aromatic carbocycles. The quantitative estimate of drug-likeness (QED) is 0.807. The van der Waals surface area contributed by atoms with Gasteiger partial charge in [0.2, 0.25) is 0 Å². The first-order valence-corrected chi connectivity index (χ1v) is 7.16. The molecular weight excluding hydrogens is 361 g/mol. The number of nitrogens with one attached hydrogen (secondary N) is 1. The van der Waals surface area contributed by atoms with Gasteiger partial charge in [0.25, 0.3) is 0 Å². The van der Waals surface area contributed by atoms with Crippen molar-refractivity contribution in [1.29, 1.82) is 0 Å². The molecule has 0 aliphatic carbocycles. The maximum atomic E-state index is 5.87. The van der Waals surface area contributed by atoms with Gasteiger partial charge < -0.3 is 10.1 Å². The third kappa shape index (κ3) is 4.98. The number of hydrogen-bond donors (Lipinski definition) is 1. The SMILES string of the molecule is CNCc1cc(Br)ccc1OCc1ccc(Cl)cc1.Cl. The molecule has 108 valence electrons. The van der Waals surface area contributed by atoms with Crippen molar-refractivity contribution in [3.05, 3.63) is 63.1 Å². The number of benzene rings is 2. The lowest BCUT2D eigenvalue weighted by molar-refractivity contribution is 0.302. The average Bonchev–Trinajstić information content (AvgIpc) is 2.40. The molecule has 0 aliphatic heterocycles. The largest absolute Gasteiger partial charge is 0.489 e. The van der Waals surface area contributed by atoms with Crippen LogP contribution in [0.15, 0.2) is 46.9 Å². The van der Waals surface area contributed by atoms with Gasteiger partial charge in [-0.15, -0.1) is 12.4 Å². The second kappa shape index (κ2) is 8.53. The molecule has 0 unspecified atom stereocenters. The smallest absolute Gasteiger partial charge is 0.124 e. The van der Waals surface area contributed by atoms with Gasteiger partial charge in [-0.2, -0.15) is 0 Å². The average molecular weight is 377 g/mol. The molecule has 5 heteroatoms. The summed E-state index contributed by atoms with van der Waals surface area (Å²) in [5.74, 6) is 0.896. The Morgan fingerprint density at radius 3 is 2.50 bits per heavy atom. The summed E-state index contributed by atoms with van der Waals surface area (Å²) in [4.78, 5) is 0. The number of halogens is 3. The van der Waals surface area contributed by atoms with Crippen molar-refractivity contribution < 1.29 is 4.74 Å². The van der Waals surface area contributed by atoms with Crippen molar-refractivity contribution in [3.8, 4) is 5.75 Å². The zero-order valence-corrected chi connectivity index (χ0v) is 14.2. The molecule has 0 radical (unpaired) electrons. The fourth-order valence-corrected chi connectivity index (χ4v) is 2.29. The van der Waals surface area contributed by atoms with Gasteiger partial charge in [0.1, 0.15) is 12.4 Å². The predicted molar refractivity (Wildman–Crippen MR) is 89.9 cm³/mol. The Hall–Kier alpha value is -0.740. The van der Waals surface area contributed by atoms with Crippen molar-refractivity contribution in [3.63, 3.8) is 0 Å². The second-order valence-corrected chi connectivity index (χ2v) is 5.55. The van der Waals surface area contributed by atoms with Gasteiger partial charge in [0, 0.05) is 21.6 Å². The molecule has 2 aromatic rings. The van der Waals surface area contributed by atoms with Crippen LogP contribution in [0.5, 0.6) is 5.75 Å². The van der Waals surface area contributed by atoms with Crippen LogP contribution in [0.25, 0.3) is 0 Å². The van der Waals surface area contributed by atoms with Crippen LogP contribution in [0.1, 0.15) is 11.1 Å². The van der Waals surface area contributed by atoms with Gasteiger partial charge in [0.05, 0.1) is 0 Å². The van der Waals surface area contributed by atoms with E-state index < -0.39 is 0 Å². The number of hydrogen-bond acceptors (Lipinski definition) is 2. The van der Waals surface area contributed by atoms with Gasteiger partial charge in [0.15, 0.2) is 0 Å². The Balaban J connectivity index is 0.00000200. The first-order valence-electron chi connectivity index (χ1n) is 5.99. The van der Waals surface area contributed by atoms with Gasteiger partial charge in [-0.1, -0.05) is 39.7 Å². The van der Waals surface area contributed by atoms with Crippen LogP contribution in [0, 0.1) is 0 Å². The molecule has 0 saturated heterocycles. The highest BCUT2D eigenvalue weighted by atomic mass is 79.9. The lowest BCUT2D eigenvalue weighted by Gasteiger charge is -2.12. The van der Waals surface area contributed by atoms with Crippen LogP contribution in [0.4, 0.5) is 0 Å². The van der Waals surface area contributed by atoms with Crippen LogP contribution in [-0.2, 0) is 13.2 Å². The molecule has 0 bridgehead atoms. The second-order valence-electron chi connectivity index (χ2n) is 4.20. The van der Waals surface area contributed by atoms with Crippen LogP contribution >= 0.6 is 39.9 Å². The highest BCUT2D eigenvalue weighted by molar-refractivity contribution is 9.10. The van der Waals surface area contributed by atoms with Gasteiger partial charge in [-0.05, 0) is 42.9 Å². The highest BCUT2D eigenvalue weighted by Gasteiger charge is 2.04. The number of ether oxygens (including phenoxy) is 1. The Labute approximate surface area is 139 Å². The Morgan fingerprint density at radius 2 is 1.85 bits per heavy atom. The molecule has 0 atom stereocenters. The summed E-state index contributed by atoms with van der Waals surface area (Å²) in [6.45, 7) is 1.31. The molecule has 0 saturated carbocycles. The molecule has 2 nitrogen and oxygen atoms in total. The molecule has 0 aromatic heterocycles. The Bertz CT molecular complexity index is 546. The molecule has 1 N–H and O–H groups in total. The molecule has 0 spiro atoms. The minimum Gasteiger partial charge on any atom is -0.489 e. The van der Waals surface area contributed by atoms with Crippen LogP contribution in [0.2, 0.25) is 5.02 Å². The van der Waals surface area contributed by atoms with E-state index in [0.29, 0.717) is 6.61 Å². The summed E-state index contributed by atoms with van der Waals surface area (Å²) in [6.07, 6.45) is 0. The van der Waals surface area contributed by atoms with E-state index in [1.807, 2.05) is 43.4 Å². The maximum absolute atomic E-state index is 5.87. The molecule has 0 heterocycles. The third-order valence-electron chi connectivity index (χ3n) is 2.70. The fraction of sp³-hybridized carbons (Fsp3) is 0.200.